The van der Waals surface area contributed by atoms with E-state index in [0.29, 0.717) is 25.6 Å². The minimum absolute atomic E-state index is 0.00490. The Morgan fingerprint density at radius 1 is 1.39 bits per heavy atom. The molecule has 2 N–H and O–H groups in total. The summed E-state index contributed by atoms with van der Waals surface area (Å²) in [7, 11) is 0. The molecule has 0 spiro atoms. The number of rotatable bonds is 7. The Kier molecular flexibility index (Phi) is 6.65. The number of ether oxygens (including phenoxy) is 1. The van der Waals surface area contributed by atoms with Gasteiger partial charge in [-0.05, 0) is 38.0 Å². The van der Waals surface area contributed by atoms with Crippen molar-refractivity contribution in [3.05, 3.63) is 0 Å². The zero-order valence-corrected chi connectivity index (χ0v) is 11.7. The molecule has 4 heteroatoms. The van der Waals surface area contributed by atoms with Crippen LogP contribution in [0.2, 0.25) is 0 Å². The molecule has 1 amide bonds. The van der Waals surface area contributed by atoms with Gasteiger partial charge in [0.05, 0.1) is 18.8 Å². The van der Waals surface area contributed by atoms with Crippen LogP contribution >= 0.6 is 0 Å². The number of aliphatic hydroxyl groups is 1. The number of nitrogens with one attached hydrogen (secondary N) is 1. The van der Waals surface area contributed by atoms with E-state index in [4.69, 9.17) is 4.74 Å². The van der Waals surface area contributed by atoms with Gasteiger partial charge in [-0.1, -0.05) is 13.8 Å². The largest absolute Gasteiger partial charge is 0.394 e. The Labute approximate surface area is 110 Å². The second kappa shape index (κ2) is 7.74. The standard InChI is InChI=1S/C14H27NO3/c1-3-9-18-10-6-13(17)15-14(11-16)7-4-12(2)5-8-14/h12,16H,3-11H2,1-2H3,(H,15,17). The van der Waals surface area contributed by atoms with Gasteiger partial charge in [-0.25, -0.2) is 0 Å². The van der Waals surface area contributed by atoms with Crippen molar-refractivity contribution in [1.29, 1.82) is 0 Å². The predicted molar refractivity (Wildman–Crippen MR) is 71.3 cm³/mol. The second-order valence-corrected chi connectivity index (χ2v) is 5.53. The quantitative estimate of drug-likeness (QED) is 0.684. The number of hydrogen-bond donors (Lipinski definition) is 2. The van der Waals surface area contributed by atoms with Gasteiger partial charge >= 0.3 is 0 Å². The van der Waals surface area contributed by atoms with Crippen LogP contribution in [0.4, 0.5) is 0 Å². The number of hydrogen-bond acceptors (Lipinski definition) is 3. The molecule has 0 aromatic rings. The van der Waals surface area contributed by atoms with Crippen molar-refractivity contribution < 1.29 is 14.6 Å². The first-order valence-corrected chi connectivity index (χ1v) is 7.11. The third-order valence-corrected chi connectivity index (χ3v) is 3.76. The molecule has 106 valence electrons. The maximum Gasteiger partial charge on any atom is 0.222 e. The van der Waals surface area contributed by atoms with Gasteiger partial charge < -0.3 is 15.2 Å². The lowest BCUT2D eigenvalue weighted by atomic mass is 9.77. The molecule has 4 nitrogen and oxygen atoms in total. The number of aliphatic hydroxyl groups excluding tert-OH is 1. The minimum atomic E-state index is -0.381. The van der Waals surface area contributed by atoms with Crippen LogP contribution < -0.4 is 5.32 Å². The molecule has 0 atom stereocenters. The summed E-state index contributed by atoms with van der Waals surface area (Å²) in [6, 6.07) is 0. The van der Waals surface area contributed by atoms with Crippen molar-refractivity contribution in [3.8, 4) is 0 Å². The van der Waals surface area contributed by atoms with Crippen molar-refractivity contribution in [2.75, 3.05) is 19.8 Å². The molecule has 1 aliphatic carbocycles. The van der Waals surface area contributed by atoms with E-state index in [-0.39, 0.29) is 18.1 Å². The molecule has 0 saturated heterocycles. The summed E-state index contributed by atoms with van der Waals surface area (Å²) in [4.78, 5) is 11.8. The van der Waals surface area contributed by atoms with Crippen LogP contribution in [0.5, 0.6) is 0 Å². The Morgan fingerprint density at radius 3 is 2.61 bits per heavy atom. The molecule has 1 rings (SSSR count). The summed E-state index contributed by atoms with van der Waals surface area (Å²) < 4.78 is 5.30. The lowest BCUT2D eigenvalue weighted by molar-refractivity contribution is -0.125. The zero-order valence-electron chi connectivity index (χ0n) is 11.7. The number of carbonyl (C=O) groups excluding carboxylic acids is 1. The van der Waals surface area contributed by atoms with E-state index in [1.807, 2.05) is 6.92 Å². The summed E-state index contributed by atoms with van der Waals surface area (Å²) in [5.41, 5.74) is -0.381. The molecule has 0 unspecified atom stereocenters. The maximum atomic E-state index is 11.8. The third kappa shape index (κ3) is 4.94. The fourth-order valence-corrected chi connectivity index (χ4v) is 2.41. The highest BCUT2D eigenvalue weighted by Crippen LogP contribution is 2.31. The fourth-order valence-electron chi connectivity index (χ4n) is 2.41. The van der Waals surface area contributed by atoms with Crippen LogP contribution in [0.15, 0.2) is 0 Å². The van der Waals surface area contributed by atoms with Gasteiger partial charge in [0.1, 0.15) is 0 Å². The monoisotopic (exact) mass is 257 g/mol. The van der Waals surface area contributed by atoms with Gasteiger partial charge in [0, 0.05) is 13.0 Å². The number of carbonyl (C=O) groups is 1. The van der Waals surface area contributed by atoms with E-state index in [1.54, 1.807) is 0 Å². The molecule has 0 heterocycles. The molecule has 0 bridgehead atoms. The summed E-state index contributed by atoms with van der Waals surface area (Å²) in [5.74, 6) is 0.698. The molecule has 1 fully saturated rings. The first-order chi connectivity index (χ1) is 8.62. The Bertz CT molecular complexity index is 247. The van der Waals surface area contributed by atoms with E-state index in [2.05, 4.69) is 12.2 Å². The van der Waals surface area contributed by atoms with Crippen LogP contribution in [0, 0.1) is 5.92 Å². The molecule has 18 heavy (non-hydrogen) atoms. The summed E-state index contributed by atoms with van der Waals surface area (Å²) >= 11 is 0. The van der Waals surface area contributed by atoms with E-state index in [1.165, 1.54) is 0 Å². The van der Waals surface area contributed by atoms with Crippen LogP contribution in [0.25, 0.3) is 0 Å². The second-order valence-electron chi connectivity index (χ2n) is 5.53. The lowest BCUT2D eigenvalue weighted by Gasteiger charge is -2.38. The Hall–Kier alpha value is -0.610. The zero-order chi connectivity index (χ0) is 13.4. The topological polar surface area (TPSA) is 58.6 Å². The highest BCUT2D eigenvalue weighted by Gasteiger charge is 2.34. The smallest absolute Gasteiger partial charge is 0.222 e. The fraction of sp³-hybridized carbons (Fsp3) is 0.929. The van der Waals surface area contributed by atoms with Gasteiger partial charge in [0.25, 0.3) is 0 Å². The summed E-state index contributed by atoms with van der Waals surface area (Å²) in [6.07, 6.45) is 5.27. The van der Waals surface area contributed by atoms with Crippen molar-refractivity contribution in [3.63, 3.8) is 0 Å². The molecule has 1 saturated carbocycles. The lowest BCUT2D eigenvalue weighted by Crippen LogP contribution is -2.53. The predicted octanol–water partition coefficient (Wildman–Crippen LogP) is 1.86. The van der Waals surface area contributed by atoms with Gasteiger partial charge in [-0.3, -0.25) is 4.79 Å². The first-order valence-electron chi connectivity index (χ1n) is 7.11. The van der Waals surface area contributed by atoms with E-state index < -0.39 is 0 Å². The van der Waals surface area contributed by atoms with Crippen molar-refractivity contribution in [1.82, 2.24) is 5.32 Å². The highest BCUT2D eigenvalue weighted by atomic mass is 16.5. The molecular formula is C14H27NO3. The summed E-state index contributed by atoms with van der Waals surface area (Å²) in [6.45, 7) is 5.49. The first kappa shape index (κ1) is 15.4. The van der Waals surface area contributed by atoms with Crippen LogP contribution in [0.1, 0.15) is 52.4 Å². The molecule has 0 aliphatic heterocycles. The van der Waals surface area contributed by atoms with E-state index in [9.17, 15) is 9.90 Å². The molecule has 0 aromatic heterocycles. The number of amides is 1. The molecule has 1 aliphatic rings. The molecular weight excluding hydrogens is 230 g/mol. The van der Waals surface area contributed by atoms with Gasteiger partial charge in [0.15, 0.2) is 0 Å². The highest BCUT2D eigenvalue weighted by molar-refractivity contribution is 5.76. The van der Waals surface area contributed by atoms with Crippen LogP contribution in [-0.2, 0) is 9.53 Å². The van der Waals surface area contributed by atoms with E-state index >= 15 is 0 Å². The Balaban J connectivity index is 2.31. The minimum Gasteiger partial charge on any atom is -0.394 e. The van der Waals surface area contributed by atoms with Gasteiger partial charge in [-0.15, -0.1) is 0 Å². The van der Waals surface area contributed by atoms with Crippen LogP contribution in [0.3, 0.4) is 0 Å². The summed E-state index contributed by atoms with van der Waals surface area (Å²) in [5, 5.41) is 12.6. The van der Waals surface area contributed by atoms with Crippen molar-refractivity contribution >= 4 is 5.91 Å². The average molecular weight is 257 g/mol. The molecule has 0 radical (unpaired) electrons. The van der Waals surface area contributed by atoms with E-state index in [0.717, 1.165) is 32.1 Å². The maximum absolute atomic E-state index is 11.8. The average Bonchev–Trinajstić information content (AvgIpc) is 2.38. The van der Waals surface area contributed by atoms with Gasteiger partial charge in [-0.2, -0.15) is 0 Å². The normalized spacial score (nSPS) is 28.1. The molecule has 0 aromatic carbocycles. The third-order valence-electron chi connectivity index (χ3n) is 3.76. The van der Waals surface area contributed by atoms with Crippen molar-refractivity contribution in [2.45, 2.75) is 57.9 Å². The van der Waals surface area contributed by atoms with Crippen LogP contribution in [-0.4, -0.2) is 36.4 Å². The SMILES string of the molecule is CCCOCCC(=O)NC1(CO)CCC(C)CC1. The Morgan fingerprint density at radius 2 is 2.06 bits per heavy atom. The van der Waals surface area contributed by atoms with Gasteiger partial charge in [0.2, 0.25) is 5.91 Å². The van der Waals surface area contributed by atoms with Crippen molar-refractivity contribution in [2.24, 2.45) is 5.92 Å².